The summed E-state index contributed by atoms with van der Waals surface area (Å²) in [6.07, 6.45) is 3.61. The van der Waals surface area contributed by atoms with Gasteiger partial charge in [-0.1, -0.05) is 33.6 Å². The van der Waals surface area contributed by atoms with E-state index in [0.717, 1.165) is 19.3 Å². The first-order valence-electron chi connectivity index (χ1n) is 5.21. The summed E-state index contributed by atoms with van der Waals surface area (Å²) < 4.78 is 0. The van der Waals surface area contributed by atoms with E-state index in [9.17, 15) is 9.59 Å². The third-order valence-electron chi connectivity index (χ3n) is 2.42. The number of rotatable bonds is 7. The van der Waals surface area contributed by atoms with E-state index in [-0.39, 0.29) is 11.6 Å². The first-order chi connectivity index (χ1) is 6.15. The van der Waals surface area contributed by atoms with Gasteiger partial charge in [0.25, 0.3) is 0 Å². The molecule has 0 N–H and O–H groups in total. The Morgan fingerprint density at radius 1 is 1.00 bits per heavy atom. The van der Waals surface area contributed by atoms with Crippen molar-refractivity contribution in [1.82, 2.24) is 0 Å². The molecule has 0 heterocycles. The van der Waals surface area contributed by atoms with E-state index in [2.05, 4.69) is 13.8 Å². The molecule has 0 fully saturated rings. The zero-order valence-electron chi connectivity index (χ0n) is 8.93. The van der Waals surface area contributed by atoms with Crippen molar-refractivity contribution < 1.29 is 9.59 Å². The van der Waals surface area contributed by atoms with E-state index in [1.165, 1.54) is 0 Å². The fraction of sp³-hybridized carbons (Fsp3) is 0.818. The molecule has 0 saturated carbocycles. The van der Waals surface area contributed by atoms with Crippen molar-refractivity contribution in [2.45, 2.75) is 52.9 Å². The van der Waals surface area contributed by atoms with Crippen LogP contribution in [0.1, 0.15) is 52.9 Å². The van der Waals surface area contributed by atoms with Crippen LogP contribution >= 0.6 is 0 Å². The third-order valence-corrected chi connectivity index (χ3v) is 2.42. The van der Waals surface area contributed by atoms with Gasteiger partial charge in [-0.15, -0.1) is 0 Å². The standard InChI is InChI=1S/C11H20O2/c1-4-7-10(12)11(13)8-9(5-2)6-3/h9H,4-8H2,1-3H3. The van der Waals surface area contributed by atoms with Gasteiger partial charge < -0.3 is 0 Å². The second-order valence-electron chi connectivity index (χ2n) is 3.48. The van der Waals surface area contributed by atoms with Crippen LogP contribution in [0.15, 0.2) is 0 Å². The molecule has 0 aliphatic carbocycles. The molecule has 0 aromatic carbocycles. The van der Waals surface area contributed by atoms with Gasteiger partial charge in [0.1, 0.15) is 0 Å². The summed E-state index contributed by atoms with van der Waals surface area (Å²) in [5.74, 6) is 0.0401. The number of carbonyl (C=O) groups excluding carboxylic acids is 2. The molecule has 0 saturated heterocycles. The first kappa shape index (κ1) is 12.3. The lowest BCUT2D eigenvalue weighted by Gasteiger charge is -2.09. The lowest BCUT2D eigenvalue weighted by Crippen LogP contribution is -2.17. The highest BCUT2D eigenvalue weighted by Gasteiger charge is 2.16. The van der Waals surface area contributed by atoms with Gasteiger partial charge in [-0.2, -0.15) is 0 Å². The maximum absolute atomic E-state index is 11.3. The Bertz CT molecular complexity index is 169. The Labute approximate surface area is 80.7 Å². The molecule has 2 heteroatoms. The SMILES string of the molecule is CCCC(=O)C(=O)CC(CC)CC. The molecule has 2 nitrogen and oxygen atoms in total. The van der Waals surface area contributed by atoms with Crippen LogP contribution in [-0.4, -0.2) is 11.6 Å². The molecule has 0 unspecified atom stereocenters. The fourth-order valence-electron chi connectivity index (χ4n) is 1.32. The molecule has 0 amide bonds. The van der Waals surface area contributed by atoms with Crippen LogP contribution < -0.4 is 0 Å². The van der Waals surface area contributed by atoms with Gasteiger partial charge in [0.15, 0.2) is 11.6 Å². The number of Topliss-reactive ketones (excluding diaryl/α,β-unsaturated/α-hetero) is 2. The zero-order valence-corrected chi connectivity index (χ0v) is 8.93. The first-order valence-corrected chi connectivity index (χ1v) is 5.21. The van der Waals surface area contributed by atoms with E-state index in [0.29, 0.717) is 18.8 Å². The number of hydrogen-bond acceptors (Lipinski definition) is 2. The predicted molar refractivity (Wildman–Crippen MR) is 53.6 cm³/mol. The van der Waals surface area contributed by atoms with E-state index < -0.39 is 0 Å². The molecular weight excluding hydrogens is 164 g/mol. The summed E-state index contributed by atoms with van der Waals surface area (Å²) in [6.45, 7) is 6.04. The summed E-state index contributed by atoms with van der Waals surface area (Å²) in [7, 11) is 0. The van der Waals surface area contributed by atoms with Gasteiger partial charge in [-0.05, 0) is 12.3 Å². The highest BCUT2D eigenvalue weighted by atomic mass is 16.2. The smallest absolute Gasteiger partial charge is 0.198 e. The van der Waals surface area contributed by atoms with Crippen molar-refractivity contribution in [2.24, 2.45) is 5.92 Å². The summed E-state index contributed by atoms with van der Waals surface area (Å²) >= 11 is 0. The van der Waals surface area contributed by atoms with Gasteiger partial charge in [0, 0.05) is 12.8 Å². The normalized spacial score (nSPS) is 10.5. The summed E-state index contributed by atoms with van der Waals surface area (Å²) in [5, 5.41) is 0. The molecular formula is C11H20O2. The molecule has 0 aliphatic heterocycles. The molecule has 0 atom stereocenters. The number of hydrogen-bond donors (Lipinski definition) is 0. The van der Waals surface area contributed by atoms with Gasteiger partial charge in [0.05, 0.1) is 0 Å². The molecule has 0 radical (unpaired) electrons. The quantitative estimate of drug-likeness (QED) is 0.570. The minimum atomic E-state index is -0.186. The van der Waals surface area contributed by atoms with Gasteiger partial charge in [-0.25, -0.2) is 0 Å². The highest BCUT2D eigenvalue weighted by molar-refractivity contribution is 6.37. The van der Waals surface area contributed by atoms with Crippen LogP contribution in [0.4, 0.5) is 0 Å². The van der Waals surface area contributed by atoms with Crippen LogP contribution in [-0.2, 0) is 9.59 Å². The Morgan fingerprint density at radius 2 is 1.54 bits per heavy atom. The van der Waals surface area contributed by atoms with Crippen molar-refractivity contribution >= 4 is 11.6 Å². The molecule has 13 heavy (non-hydrogen) atoms. The monoisotopic (exact) mass is 184 g/mol. The average Bonchev–Trinajstić information content (AvgIpc) is 2.14. The fourth-order valence-corrected chi connectivity index (χ4v) is 1.32. The van der Waals surface area contributed by atoms with Crippen LogP contribution in [0.3, 0.4) is 0 Å². The van der Waals surface area contributed by atoms with E-state index in [1.807, 2.05) is 6.92 Å². The minimum Gasteiger partial charge on any atom is -0.291 e. The molecule has 0 aliphatic rings. The largest absolute Gasteiger partial charge is 0.291 e. The van der Waals surface area contributed by atoms with Crippen LogP contribution in [0.2, 0.25) is 0 Å². The molecule has 0 rings (SSSR count). The Hall–Kier alpha value is -0.660. The molecule has 0 bridgehead atoms. The van der Waals surface area contributed by atoms with E-state index in [1.54, 1.807) is 0 Å². The lowest BCUT2D eigenvalue weighted by atomic mass is 9.94. The van der Waals surface area contributed by atoms with Crippen molar-refractivity contribution in [1.29, 1.82) is 0 Å². The van der Waals surface area contributed by atoms with Crippen LogP contribution in [0, 0.1) is 5.92 Å². The third kappa shape index (κ3) is 4.81. The number of carbonyl (C=O) groups is 2. The Balaban J connectivity index is 3.90. The maximum Gasteiger partial charge on any atom is 0.198 e. The lowest BCUT2D eigenvalue weighted by molar-refractivity contribution is -0.137. The second-order valence-corrected chi connectivity index (χ2v) is 3.48. The van der Waals surface area contributed by atoms with E-state index >= 15 is 0 Å². The van der Waals surface area contributed by atoms with Gasteiger partial charge in [-0.3, -0.25) is 9.59 Å². The Morgan fingerprint density at radius 3 is 1.92 bits per heavy atom. The van der Waals surface area contributed by atoms with E-state index in [4.69, 9.17) is 0 Å². The highest BCUT2D eigenvalue weighted by Crippen LogP contribution is 2.13. The van der Waals surface area contributed by atoms with Gasteiger partial charge >= 0.3 is 0 Å². The van der Waals surface area contributed by atoms with Crippen LogP contribution in [0.25, 0.3) is 0 Å². The molecule has 0 spiro atoms. The van der Waals surface area contributed by atoms with Gasteiger partial charge in [0.2, 0.25) is 0 Å². The van der Waals surface area contributed by atoms with Crippen molar-refractivity contribution in [3.05, 3.63) is 0 Å². The molecule has 0 aromatic rings. The minimum absolute atomic E-state index is 0.171. The predicted octanol–water partition coefficient (Wildman–Crippen LogP) is 2.75. The van der Waals surface area contributed by atoms with Crippen LogP contribution in [0.5, 0.6) is 0 Å². The average molecular weight is 184 g/mol. The maximum atomic E-state index is 11.3. The van der Waals surface area contributed by atoms with Crippen molar-refractivity contribution in [3.8, 4) is 0 Å². The topological polar surface area (TPSA) is 34.1 Å². The zero-order chi connectivity index (χ0) is 10.3. The second kappa shape index (κ2) is 6.81. The summed E-state index contributed by atoms with van der Waals surface area (Å²) in [5.41, 5.74) is 0. The summed E-state index contributed by atoms with van der Waals surface area (Å²) in [6, 6.07) is 0. The van der Waals surface area contributed by atoms with Crippen molar-refractivity contribution in [3.63, 3.8) is 0 Å². The number of ketones is 2. The molecule has 0 aromatic heterocycles. The molecule has 76 valence electrons. The Kier molecular flexibility index (Phi) is 6.47. The van der Waals surface area contributed by atoms with Crippen molar-refractivity contribution in [2.75, 3.05) is 0 Å². The summed E-state index contributed by atoms with van der Waals surface area (Å²) in [4.78, 5) is 22.5.